The van der Waals surface area contributed by atoms with E-state index in [4.69, 9.17) is 18.9 Å². The SMILES string of the molecule is CC(=O)Oc1cc(CC(=O)Oc2ccc3c4c2O[C@H]2C(=O)CC[C@@]5(O)[C@@H](C3)N(CC3CC3)CC[C@]425)c2cc(OC(C)=O)cc(CC(=O)O)c2c1. The van der Waals surface area contributed by atoms with Crippen molar-refractivity contribution in [3.8, 4) is 23.0 Å². The first-order valence-corrected chi connectivity index (χ1v) is 17.1. The topological polar surface area (TPSA) is 166 Å². The van der Waals surface area contributed by atoms with E-state index in [1.54, 1.807) is 6.07 Å². The van der Waals surface area contributed by atoms with Crippen molar-refractivity contribution in [1.82, 2.24) is 4.90 Å². The lowest BCUT2D eigenvalue weighted by Crippen LogP contribution is -2.76. The summed E-state index contributed by atoms with van der Waals surface area (Å²) in [4.78, 5) is 65.1. The van der Waals surface area contributed by atoms with Crippen LogP contribution < -0.4 is 18.9 Å². The lowest BCUT2D eigenvalue weighted by atomic mass is 9.49. The summed E-state index contributed by atoms with van der Waals surface area (Å²) < 4.78 is 23.1. The second-order valence-electron chi connectivity index (χ2n) is 14.4. The lowest BCUT2D eigenvalue weighted by Gasteiger charge is -2.62. The number of benzene rings is 3. The highest BCUT2D eigenvalue weighted by Crippen LogP contribution is 2.65. The van der Waals surface area contributed by atoms with E-state index in [0.29, 0.717) is 47.3 Å². The summed E-state index contributed by atoms with van der Waals surface area (Å²) >= 11 is 0. The van der Waals surface area contributed by atoms with Crippen LogP contribution in [0.5, 0.6) is 23.0 Å². The molecule has 0 aromatic heterocycles. The van der Waals surface area contributed by atoms with Crippen molar-refractivity contribution in [2.75, 3.05) is 13.1 Å². The van der Waals surface area contributed by atoms with Crippen LogP contribution >= 0.6 is 0 Å². The summed E-state index contributed by atoms with van der Waals surface area (Å²) in [6, 6.07) is 9.37. The smallest absolute Gasteiger partial charge is 0.315 e. The molecule has 0 amide bonds. The van der Waals surface area contributed by atoms with Crippen LogP contribution in [0.25, 0.3) is 10.8 Å². The van der Waals surface area contributed by atoms with Gasteiger partial charge in [-0.05, 0) is 102 Å². The fraction of sp³-hybridized carbons (Fsp3) is 0.447. The van der Waals surface area contributed by atoms with Crippen LogP contribution in [-0.2, 0) is 48.7 Å². The van der Waals surface area contributed by atoms with Crippen molar-refractivity contribution in [2.24, 2.45) is 5.92 Å². The Labute approximate surface area is 287 Å². The van der Waals surface area contributed by atoms with E-state index in [9.17, 15) is 34.2 Å². The molecule has 12 nitrogen and oxygen atoms in total. The number of fused-ring (bicyclic) bond motifs is 1. The van der Waals surface area contributed by atoms with Crippen LogP contribution in [0.3, 0.4) is 0 Å². The molecule has 2 bridgehead atoms. The van der Waals surface area contributed by atoms with Crippen molar-refractivity contribution in [2.45, 2.75) is 88.4 Å². The van der Waals surface area contributed by atoms with Crippen LogP contribution in [0.4, 0.5) is 0 Å². The van der Waals surface area contributed by atoms with Gasteiger partial charge in [0.2, 0.25) is 0 Å². The molecule has 8 rings (SSSR count). The van der Waals surface area contributed by atoms with Crippen molar-refractivity contribution < 1.29 is 53.1 Å². The molecule has 0 unspecified atom stereocenters. The van der Waals surface area contributed by atoms with Gasteiger partial charge in [-0.3, -0.25) is 28.9 Å². The summed E-state index contributed by atoms with van der Waals surface area (Å²) in [6.45, 7) is 4.12. The largest absolute Gasteiger partial charge is 0.481 e. The van der Waals surface area contributed by atoms with Crippen LogP contribution in [0, 0.1) is 5.92 Å². The molecule has 0 radical (unpaired) electrons. The van der Waals surface area contributed by atoms with E-state index in [1.165, 1.54) is 51.0 Å². The molecule has 2 N–H and O–H groups in total. The van der Waals surface area contributed by atoms with Crippen molar-refractivity contribution in [1.29, 1.82) is 0 Å². The fourth-order valence-corrected chi connectivity index (χ4v) is 9.11. The van der Waals surface area contributed by atoms with Gasteiger partial charge in [-0.25, -0.2) is 0 Å². The number of carboxylic acids is 1. The summed E-state index contributed by atoms with van der Waals surface area (Å²) in [5.41, 5.74) is 0.270. The van der Waals surface area contributed by atoms with Gasteiger partial charge >= 0.3 is 23.9 Å². The standard InChI is InChI=1S/C38H37NO11/c1-19(40)47-25-11-23(14-32(43)44)27-16-26(48-20(2)41)12-24(28(27)17-25)15-33(45)49-30-6-5-22-13-31-38(46)8-7-29(42)36-37(38,34(22)35(30)50-36)9-10-39(31)18-21-3-4-21/h5-6,11-12,16-17,21,31,36,46H,3-4,7-10,13-15,18H2,1-2H3,(H,43,44)/t31-,36+,37+,38-/m1/s1. The predicted octanol–water partition coefficient (Wildman–Crippen LogP) is 3.60. The van der Waals surface area contributed by atoms with E-state index in [0.717, 1.165) is 24.2 Å². The van der Waals surface area contributed by atoms with Crippen molar-refractivity contribution >= 4 is 40.4 Å². The van der Waals surface area contributed by atoms with Crippen molar-refractivity contribution in [3.05, 3.63) is 58.7 Å². The first-order valence-electron chi connectivity index (χ1n) is 17.1. The van der Waals surface area contributed by atoms with Crippen molar-refractivity contribution in [3.63, 3.8) is 0 Å². The number of aliphatic carboxylic acids is 1. The minimum atomic E-state index is -1.16. The molecule has 3 aromatic rings. The second-order valence-corrected chi connectivity index (χ2v) is 14.4. The summed E-state index contributed by atoms with van der Waals surface area (Å²) in [7, 11) is 0. The number of carboxylic acid groups (broad SMARTS) is 1. The molecule has 5 aliphatic rings. The van der Waals surface area contributed by atoms with Gasteiger partial charge in [-0.1, -0.05) is 6.07 Å². The Balaban J connectivity index is 1.16. The van der Waals surface area contributed by atoms with Crippen LogP contribution in [0.2, 0.25) is 0 Å². The molecule has 2 saturated carbocycles. The Morgan fingerprint density at radius 3 is 2.20 bits per heavy atom. The third kappa shape index (κ3) is 5.15. The molecule has 2 heterocycles. The number of likely N-dealkylation sites (tertiary alicyclic amines) is 1. The Bertz CT molecular complexity index is 2020. The molecule has 4 atom stereocenters. The molecule has 1 saturated heterocycles. The van der Waals surface area contributed by atoms with Gasteiger partial charge in [0.1, 0.15) is 11.5 Å². The fourth-order valence-electron chi connectivity index (χ4n) is 9.11. The molecule has 12 heteroatoms. The number of Topliss-reactive ketones (excluding diaryl/α,β-unsaturated/α-hetero) is 1. The zero-order valence-corrected chi connectivity index (χ0v) is 27.8. The number of nitrogens with zero attached hydrogens (tertiary/aromatic N) is 1. The summed E-state index contributed by atoms with van der Waals surface area (Å²) in [5.74, 6) is -1.85. The van der Waals surface area contributed by atoms with Gasteiger partial charge in [0.05, 0.1) is 23.9 Å². The maximum absolute atomic E-state index is 13.8. The number of ether oxygens (including phenoxy) is 4. The first-order chi connectivity index (χ1) is 23.9. The van der Waals surface area contributed by atoms with E-state index in [2.05, 4.69) is 4.90 Å². The predicted molar refractivity (Wildman–Crippen MR) is 175 cm³/mol. The minimum Gasteiger partial charge on any atom is -0.481 e. The molecule has 260 valence electrons. The molecule has 1 spiro atoms. The molecule has 50 heavy (non-hydrogen) atoms. The minimum absolute atomic E-state index is 0.0695. The highest BCUT2D eigenvalue weighted by molar-refractivity contribution is 5.96. The number of hydrogen-bond acceptors (Lipinski definition) is 11. The van der Waals surface area contributed by atoms with Crippen LogP contribution in [0.1, 0.15) is 68.2 Å². The maximum Gasteiger partial charge on any atom is 0.315 e. The van der Waals surface area contributed by atoms with Gasteiger partial charge < -0.3 is 29.2 Å². The van der Waals surface area contributed by atoms with Gasteiger partial charge in [0, 0.05) is 38.4 Å². The molecule has 3 aromatic carbocycles. The number of ketones is 1. The van der Waals surface area contributed by atoms with Gasteiger partial charge in [-0.2, -0.15) is 0 Å². The summed E-state index contributed by atoms with van der Waals surface area (Å²) in [6.07, 6.45) is 2.47. The second kappa shape index (κ2) is 11.6. The average molecular weight is 684 g/mol. The lowest BCUT2D eigenvalue weighted by molar-refractivity contribution is -0.188. The zero-order valence-electron chi connectivity index (χ0n) is 27.8. The van der Waals surface area contributed by atoms with Gasteiger partial charge in [0.25, 0.3) is 0 Å². The van der Waals surface area contributed by atoms with E-state index in [-0.39, 0.29) is 47.5 Å². The molecular weight excluding hydrogens is 646 g/mol. The third-order valence-corrected chi connectivity index (χ3v) is 11.2. The Morgan fingerprint density at radius 1 is 0.920 bits per heavy atom. The van der Waals surface area contributed by atoms with E-state index in [1.807, 2.05) is 6.07 Å². The number of hydrogen-bond donors (Lipinski definition) is 2. The first kappa shape index (κ1) is 32.4. The number of piperidine rings is 1. The average Bonchev–Trinajstić information content (AvgIpc) is 3.77. The third-order valence-electron chi connectivity index (χ3n) is 11.2. The molecule has 3 fully saturated rings. The monoisotopic (exact) mass is 683 g/mol. The van der Waals surface area contributed by atoms with E-state index < -0.39 is 47.4 Å². The number of carbonyl (C=O) groups is 5. The quantitative estimate of drug-likeness (QED) is 0.249. The number of aliphatic hydroxyl groups is 1. The highest BCUT2D eigenvalue weighted by Gasteiger charge is 2.73. The number of rotatable bonds is 9. The Hall–Kier alpha value is -4.81. The Morgan fingerprint density at radius 2 is 1.58 bits per heavy atom. The van der Waals surface area contributed by atoms with Gasteiger partial charge in [-0.15, -0.1) is 0 Å². The van der Waals surface area contributed by atoms with Crippen LogP contribution in [0.15, 0.2) is 36.4 Å². The number of esters is 3. The number of carbonyl (C=O) groups excluding carboxylic acids is 4. The maximum atomic E-state index is 13.8. The molecule has 2 aliphatic heterocycles. The highest BCUT2D eigenvalue weighted by atomic mass is 16.6. The van der Waals surface area contributed by atoms with E-state index >= 15 is 0 Å². The van der Waals surface area contributed by atoms with Crippen LogP contribution in [-0.4, -0.2) is 75.6 Å². The van der Waals surface area contributed by atoms with Gasteiger partial charge in [0.15, 0.2) is 23.4 Å². The molecular formula is C38H37NO11. The zero-order chi connectivity index (χ0) is 35.1. The normalized spacial score (nSPS) is 26.2. The summed E-state index contributed by atoms with van der Waals surface area (Å²) in [5, 5.41) is 23.0. The Kier molecular flexibility index (Phi) is 7.54. The molecule has 3 aliphatic carbocycles.